The Hall–Kier alpha value is -4.14. The molecule has 0 atom stereocenters. The first-order valence-corrected chi connectivity index (χ1v) is 11.7. The Labute approximate surface area is 201 Å². The minimum atomic E-state index is -0.659. The summed E-state index contributed by atoms with van der Waals surface area (Å²) in [6, 6.07) is 8.20. The first-order chi connectivity index (χ1) is 17.0. The number of aryl methyl sites for hydroxylation is 2. The van der Waals surface area contributed by atoms with E-state index in [0.29, 0.717) is 23.4 Å². The highest BCUT2D eigenvalue weighted by molar-refractivity contribution is 5.97. The van der Waals surface area contributed by atoms with Gasteiger partial charge in [0.2, 0.25) is 0 Å². The number of aromatic nitrogens is 4. The van der Waals surface area contributed by atoms with E-state index in [0.717, 1.165) is 24.8 Å². The Morgan fingerprint density at radius 1 is 1.09 bits per heavy atom. The van der Waals surface area contributed by atoms with E-state index in [2.05, 4.69) is 16.9 Å². The maximum absolute atomic E-state index is 13.5. The lowest BCUT2D eigenvalue weighted by atomic mass is 10.1. The van der Waals surface area contributed by atoms with Crippen LogP contribution in [0.15, 0.2) is 58.7 Å². The molecule has 0 aromatic carbocycles. The summed E-state index contributed by atoms with van der Waals surface area (Å²) in [5, 5.41) is 0.253. The summed E-state index contributed by atoms with van der Waals surface area (Å²) in [6.45, 7) is 6.21. The molecule has 4 aromatic rings. The maximum atomic E-state index is 13.5. The van der Waals surface area contributed by atoms with Crippen molar-refractivity contribution in [3.63, 3.8) is 0 Å². The normalized spacial score (nSPS) is 11.8. The van der Waals surface area contributed by atoms with E-state index in [9.17, 15) is 14.4 Å². The second-order valence-electron chi connectivity index (χ2n) is 8.15. The summed E-state index contributed by atoms with van der Waals surface area (Å²) in [7, 11) is 0. The lowest BCUT2D eigenvalue weighted by Gasteiger charge is -2.15. The van der Waals surface area contributed by atoms with Crippen molar-refractivity contribution in [2.75, 3.05) is 6.61 Å². The summed E-state index contributed by atoms with van der Waals surface area (Å²) < 4.78 is 8.43. The minimum Gasteiger partial charge on any atom is -0.462 e. The number of hydrogen-bond donors (Lipinski definition) is 0. The number of pyridine rings is 3. The zero-order valence-corrected chi connectivity index (χ0v) is 20.0. The Balaban J connectivity index is 2.12. The van der Waals surface area contributed by atoms with Gasteiger partial charge in [0, 0.05) is 30.7 Å². The van der Waals surface area contributed by atoms with Gasteiger partial charge in [0.15, 0.2) is 5.49 Å². The Morgan fingerprint density at radius 2 is 1.86 bits per heavy atom. The van der Waals surface area contributed by atoms with Crippen molar-refractivity contribution in [3.8, 4) is 0 Å². The number of fused-ring (bicyclic) bond motifs is 2. The first-order valence-electron chi connectivity index (χ1n) is 11.7. The Bertz CT molecular complexity index is 1540. The molecular weight excluding hydrogens is 446 g/mol. The molecule has 4 rings (SSSR count). The molecule has 0 saturated heterocycles. The second-order valence-corrected chi connectivity index (χ2v) is 8.15. The molecule has 0 aliphatic heterocycles. The van der Waals surface area contributed by atoms with Gasteiger partial charge in [0.1, 0.15) is 16.9 Å². The van der Waals surface area contributed by atoms with Crippen LogP contribution in [-0.2, 0) is 11.3 Å². The van der Waals surface area contributed by atoms with Crippen LogP contribution < -0.4 is 11.0 Å². The summed E-state index contributed by atoms with van der Waals surface area (Å²) in [5.41, 5.74) is 1.89. The van der Waals surface area contributed by atoms with Crippen LogP contribution in [0.3, 0.4) is 0 Å². The van der Waals surface area contributed by atoms with Gasteiger partial charge >= 0.3 is 5.97 Å². The highest BCUT2D eigenvalue weighted by Gasteiger charge is 2.20. The average molecular weight is 474 g/mol. The molecule has 0 N–H and O–H groups in total. The highest BCUT2D eigenvalue weighted by atomic mass is 16.5. The predicted octanol–water partition coefficient (Wildman–Crippen LogP) is 3.46. The van der Waals surface area contributed by atoms with Gasteiger partial charge in [-0.15, -0.1) is 0 Å². The average Bonchev–Trinajstić information content (AvgIpc) is 2.86. The number of nitrogens with zero attached hydrogens (tertiary/aromatic N) is 5. The number of unbranched alkanes of at least 4 members (excludes halogenated alkanes) is 2. The van der Waals surface area contributed by atoms with Crippen LogP contribution in [0.4, 0.5) is 0 Å². The fourth-order valence-corrected chi connectivity index (χ4v) is 3.95. The van der Waals surface area contributed by atoms with Gasteiger partial charge in [-0.3, -0.25) is 19.0 Å². The maximum Gasteiger partial charge on any atom is 0.341 e. The number of carbonyl (C=O) groups is 2. The molecule has 0 unspecified atom stereocenters. The smallest absolute Gasteiger partial charge is 0.341 e. The highest BCUT2D eigenvalue weighted by Crippen LogP contribution is 2.15. The lowest BCUT2D eigenvalue weighted by Crippen LogP contribution is -2.33. The zero-order chi connectivity index (χ0) is 24.9. The van der Waals surface area contributed by atoms with E-state index >= 15 is 0 Å². The van der Waals surface area contributed by atoms with Gasteiger partial charge in [-0.2, -0.15) is 4.99 Å². The summed E-state index contributed by atoms with van der Waals surface area (Å²) in [5.74, 6) is -1.19. The number of rotatable bonds is 7. The number of esters is 1. The van der Waals surface area contributed by atoms with Gasteiger partial charge in [0.25, 0.3) is 11.5 Å². The van der Waals surface area contributed by atoms with Crippen molar-refractivity contribution in [1.82, 2.24) is 18.9 Å². The lowest BCUT2D eigenvalue weighted by molar-refractivity contribution is 0.0523. The molecule has 9 nitrogen and oxygen atoms in total. The third kappa shape index (κ3) is 4.75. The van der Waals surface area contributed by atoms with Crippen molar-refractivity contribution < 1.29 is 14.3 Å². The minimum absolute atomic E-state index is 0.0461. The molecule has 0 spiro atoms. The molecule has 180 valence electrons. The van der Waals surface area contributed by atoms with Crippen LogP contribution in [0.1, 0.15) is 59.4 Å². The largest absolute Gasteiger partial charge is 0.462 e. The topological polar surface area (TPSA) is 108 Å². The van der Waals surface area contributed by atoms with E-state index < -0.39 is 11.9 Å². The summed E-state index contributed by atoms with van der Waals surface area (Å²) in [4.78, 5) is 52.6. The first kappa shape index (κ1) is 24.0. The van der Waals surface area contributed by atoms with E-state index in [1.165, 1.54) is 22.9 Å². The molecule has 35 heavy (non-hydrogen) atoms. The molecule has 0 aliphatic rings. The fraction of sp³-hybridized carbons (Fsp3) is 0.308. The molecule has 0 fully saturated rings. The van der Waals surface area contributed by atoms with Crippen LogP contribution in [-0.4, -0.2) is 37.4 Å². The molecule has 1 amide bonds. The molecule has 9 heteroatoms. The van der Waals surface area contributed by atoms with Gasteiger partial charge in [-0.1, -0.05) is 25.8 Å². The molecule has 0 saturated carbocycles. The van der Waals surface area contributed by atoms with Crippen molar-refractivity contribution in [2.45, 2.75) is 46.6 Å². The molecule has 0 aliphatic carbocycles. The van der Waals surface area contributed by atoms with Gasteiger partial charge < -0.3 is 9.30 Å². The van der Waals surface area contributed by atoms with Crippen molar-refractivity contribution in [3.05, 3.63) is 81.5 Å². The number of hydrogen-bond acceptors (Lipinski definition) is 6. The standard InChI is InChI=1S/C26H27N5O4/c1-4-6-7-14-30-22-19(25(33)31-15-8-9-17(3)21(31)28-22)16-20(26(34)35-5-2)23(30)29-24(32)18-10-12-27-13-11-18/h8-13,15-16H,4-7,14H2,1-3H3. The van der Waals surface area contributed by atoms with Crippen molar-refractivity contribution >= 4 is 28.6 Å². The van der Waals surface area contributed by atoms with E-state index in [1.807, 2.05) is 13.0 Å². The third-order valence-corrected chi connectivity index (χ3v) is 5.72. The quantitative estimate of drug-likeness (QED) is 0.231. The van der Waals surface area contributed by atoms with Crippen LogP contribution >= 0.6 is 0 Å². The molecule has 0 bridgehead atoms. The molecular formula is C26H27N5O4. The van der Waals surface area contributed by atoms with Crippen LogP contribution in [0.5, 0.6) is 0 Å². The predicted molar refractivity (Wildman–Crippen MR) is 131 cm³/mol. The molecule has 4 aromatic heterocycles. The Morgan fingerprint density at radius 3 is 2.57 bits per heavy atom. The van der Waals surface area contributed by atoms with Crippen molar-refractivity contribution in [1.29, 1.82) is 0 Å². The molecule has 0 radical (unpaired) electrons. The SMILES string of the molecule is CCCCCn1c(=NC(=O)c2ccncc2)c(C(=O)OCC)cc2c(=O)n3cccc(C)c3nc21. The second kappa shape index (κ2) is 10.4. The van der Waals surface area contributed by atoms with Gasteiger partial charge in [-0.25, -0.2) is 9.78 Å². The Kier molecular flexibility index (Phi) is 7.14. The monoisotopic (exact) mass is 473 g/mol. The number of amides is 1. The van der Waals surface area contributed by atoms with E-state index in [-0.39, 0.29) is 28.6 Å². The van der Waals surface area contributed by atoms with E-state index in [1.54, 1.807) is 35.9 Å². The van der Waals surface area contributed by atoms with Crippen LogP contribution in [0, 0.1) is 6.92 Å². The van der Waals surface area contributed by atoms with E-state index in [4.69, 9.17) is 9.72 Å². The van der Waals surface area contributed by atoms with Gasteiger partial charge in [0.05, 0.1) is 12.0 Å². The number of carbonyl (C=O) groups excluding carboxylic acids is 2. The van der Waals surface area contributed by atoms with Gasteiger partial charge in [-0.05, 0) is 50.1 Å². The molecule has 4 heterocycles. The van der Waals surface area contributed by atoms with Crippen molar-refractivity contribution in [2.24, 2.45) is 4.99 Å². The number of ether oxygens (including phenoxy) is 1. The zero-order valence-electron chi connectivity index (χ0n) is 20.0. The third-order valence-electron chi connectivity index (χ3n) is 5.72. The fourth-order valence-electron chi connectivity index (χ4n) is 3.95. The summed E-state index contributed by atoms with van der Waals surface area (Å²) >= 11 is 0. The summed E-state index contributed by atoms with van der Waals surface area (Å²) in [6.07, 6.45) is 7.29. The van der Waals surface area contributed by atoms with Crippen LogP contribution in [0.2, 0.25) is 0 Å². The van der Waals surface area contributed by atoms with Crippen LogP contribution in [0.25, 0.3) is 16.7 Å².